The Bertz CT molecular complexity index is 438. The number of nitro groups is 1. The molecule has 0 spiro atoms. The number of pyridine rings is 1. The van der Waals surface area contributed by atoms with Gasteiger partial charge in [0.2, 0.25) is 0 Å². The topological polar surface area (TPSA) is 85.3 Å². The number of rotatable bonds is 3. The summed E-state index contributed by atoms with van der Waals surface area (Å²) in [5, 5.41) is 10.8. The van der Waals surface area contributed by atoms with E-state index in [4.69, 9.17) is 5.73 Å². The Kier molecular flexibility index (Phi) is 3.76. The summed E-state index contributed by atoms with van der Waals surface area (Å²) in [6, 6.07) is 3.49. The lowest BCUT2D eigenvalue weighted by molar-refractivity contribution is -0.384. The zero-order valence-corrected chi connectivity index (χ0v) is 10.5. The van der Waals surface area contributed by atoms with Crippen molar-refractivity contribution < 1.29 is 4.92 Å². The summed E-state index contributed by atoms with van der Waals surface area (Å²) in [5.74, 6) is 0.659. The smallest absolute Gasteiger partial charge is 0.274 e. The van der Waals surface area contributed by atoms with Crippen LogP contribution in [0.3, 0.4) is 0 Å². The monoisotopic (exact) mass is 250 g/mol. The lowest BCUT2D eigenvalue weighted by Gasteiger charge is -2.41. The maximum absolute atomic E-state index is 10.8. The van der Waals surface area contributed by atoms with Gasteiger partial charge in [-0.05, 0) is 26.2 Å². The highest BCUT2D eigenvalue weighted by molar-refractivity contribution is 5.48. The molecule has 18 heavy (non-hydrogen) atoms. The molecule has 1 aromatic heterocycles. The van der Waals surface area contributed by atoms with E-state index in [9.17, 15) is 10.1 Å². The van der Waals surface area contributed by atoms with Crippen LogP contribution in [0.5, 0.6) is 0 Å². The van der Waals surface area contributed by atoms with Crippen molar-refractivity contribution in [1.82, 2.24) is 4.98 Å². The summed E-state index contributed by atoms with van der Waals surface area (Å²) in [7, 11) is 0. The quantitative estimate of drug-likeness (QED) is 0.651. The zero-order chi connectivity index (χ0) is 13.1. The van der Waals surface area contributed by atoms with Crippen LogP contribution in [0.15, 0.2) is 18.3 Å². The average Bonchev–Trinajstić information content (AvgIpc) is 2.38. The van der Waals surface area contributed by atoms with Crippen molar-refractivity contribution in [2.24, 2.45) is 5.73 Å². The highest BCUT2D eigenvalue weighted by Crippen LogP contribution is 2.29. The largest absolute Gasteiger partial charge is 0.349 e. The molecule has 0 amide bonds. The maximum atomic E-state index is 10.8. The Morgan fingerprint density at radius 3 is 3.06 bits per heavy atom. The van der Waals surface area contributed by atoms with Gasteiger partial charge < -0.3 is 10.6 Å². The van der Waals surface area contributed by atoms with Crippen molar-refractivity contribution in [3.63, 3.8) is 0 Å². The van der Waals surface area contributed by atoms with Gasteiger partial charge in [-0.3, -0.25) is 10.1 Å². The van der Waals surface area contributed by atoms with Crippen molar-refractivity contribution in [3.05, 3.63) is 28.4 Å². The fourth-order valence-corrected chi connectivity index (χ4v) is 2.59. The van der Waals surface area contributed by atoms with E-state index in [2.05, 4.69) is 16.8 Å². The van der Waals surface area contributed by atoms with Crippen LogP contribution in [0.4, 0.5) is 11.5 Å². The second-order valence-corrected chi connectivity index (χ2v) is 4.71. The Morgan fingerprint density at radius 2 is 2.39 bits per heavy atom. The molecule has 0 aliphatic carbocycles. The first-order chi connectivity index (χ1) is 8.63. The van der Waals surface area contributed by atoms with Gasteiger partial charge in [-0.2, -0.15) is 0 Å². The van der Waals surface area contributed by atoms with Gasteiger partial charge in [0.25, 0.3) is 5.69 Å². The van der Waals surface area contributed by atoms with Crippen LogP contribution in [-0.2, 0) is 0 Å². The molecule has 2 atom stereocenters. The van der Waals surface area contributed by atoms with E-state index in [1.807, 2.05) is 0 Å². The predicted octanol–water partition coefficient (Wildman–Crippen LogP) is 1.70. The number of hydrogen-bond acceptors (Lipinski definition) is 5. The normalized spacial score (nSPS) is 24.0. The van der Waals surface area contributed by atoms with Gasteiger partial charge >= 0.3 is 0 Å². The first-order valence-corrected chi connectivity index (χ1v) is 6.22. The number of nitrogens with two attached hydrogens (primary N) is 1. The van der Waals surface area contributed by atoms with E-state index in [0.29, 0.717) is 18.4 Å². The number of aromatic nitrogens is 1. The Hall–Kier alpha value is -1.69. The van der Waals surface area contributed by atoms with Crippen LogP contribution >= 0.6 is 0 Å². The fraction of sp³-hybridized carbons (Fsp3) is 0.583. The van der Waals surface area contributed by atoms with Crippen molar-refractivity contribution in [2.75, 3.05) is 11.4 Å². The second-order valence-electron chi connectivity index (χ2n) is 4.71. The van der Waals surface area contributed by atoms with Gasteiger partial charge in [-0.25, -0.2) is 4.98 Å². The van der Waals surface area contributed by atoms with Crippen LogP contribution in [0, 0.1) is 10.1 Å². The third-order valence-electron chi connectivity index (χ3n) is 3.50. The predicted molar refractivity (Wildman–Crippen MR) is 69.5 cm³/mol. The lowest BCUT2D eigenvalue weighted by atomic mass is 9.96. The third-order valence-corrected chi connectivity index (χ3v) is 3.50. The Morgan fingerprint density at radius 1 is 1.61 bits per heavy atom. The van der Waals surface area contributed by atoms with E-state index in [-0.39, 0.29) is 11.7 Å². The highest BCUT2D eigenvalue weighted by atomic mass is 16.6. The summed E-state index contributed by atoms with van der Waals surface area (Å²) in [6.45, 7) is 2.66. The molecule has 0 aromatic carbocycles. The molecule has 6 heteroatoms. The van der Waals surface area contributed by atoms with Gasteiger partial charge in [0, 0.05) is 30.9 Å². The lowest BCUT2D eigenvalue weighted by Crippen LogP contribution is -2.49. The van der Waals surface area contributed by atoms with E-state index in [0.717, 1.165) is 19.3 Å². The summed E-state index contributed by atoms with van der Waals surface area (Å²) in [6.07, 6.45) is 4.73. The summed E-state index contributed by atoms with van der Waals surface area (Å²) >= 11 is 0. The molecule has 2 heterocycles. The van der Waals surface area contributed by atoms with Gasteiger partial charge in [-0.15, -0.1) is 0 Å². The van der Waals surface area contributed by atoms with Gasteiger partial charge in [0.05, 0.1) is 11.0 Å². The van der Waals surface area contributed by atoms with E-state index in [1.54, 1.807) is 0 Å². The first kappa shape index (κ1) is 12.8. The summed E-state index contributed by atoms with van der Waals surface area (Å²) in [5.41, 5.74) is 5.87. The summed E-state index contributed by atoms with van der Waals surface area (Å²) in [4.78, 5) is 16.8. The molecular weight excluding hydrogens is 232 g/mol. The molecule has 0 bridgehead atoms. The number of nitrogens with zero attached hydrogens (tertiary/aromatic N) is 3. The van der Waals surface area contributed by atoms with Gasteiger partial charge in [0.15, 0.2) is 0 Å². The molecule has 1 fully saturated rings. The number of hydrogen-bond donors (Lipinski definition) is 1. The van der Waals surface area contributed by atoms with Gasteiger partial charge in [-0.1, -0.05) is 0 Å². The summed E-state index contributed by atoms with van der Waals surface area (Å²) < 4.78 is 0. The molecule has 2 rings (SSSR count). The minimum Gasteiger partial charge on any atom is -0.349 e. The van der Waals surface area contributed by atoms with Crippen LogP contribution in [0.2, 0.25) is 0 Å². The first-order valence-electron chi connectivity index (χ1n) is 6.22. The van der Waals surface area contributed by atoms with E-state index >= 15 is 0 Å². The molecule has 2 N–H and O–H groups in total. The second kappa shape index (κ2) is 5.30. The molecule has 1 aromatic rings. The average molecular weight is 250 g/mol. The molecule has 0 radical (unpaired) electrons. The zero-order valence-electron chi connectivity index (χ0n) is 10.5. The molecule has 1 aliphatic heterocycles. The molecule has 2 unspecified atom stereocenters. The van der Waals surface area contributed by atoms with E-state index in [1.165, 1.54) is 18.3 Å². The number of anilines is 1. The van der Waals surface area contributed by atoms with E-state index < -0.39 is 4.92 Å². The minimum absolute atomic E-state index is 0.0774. The third kappa shape index (κ3) is 2.43. The standard InChI is InChI=1S/C12H18N4O2/c1-9-3-2-4-11(8-13)15(9)12-7-10(16(17)18)5-6-14-12/h5-7,9,11H,2-4,8,13H2,1H3. The Balaban J connectivity index is 2.32. The SMILES string of the molecule is CC1CCCC(CN)N1c1cc([N+](=O)[O-])ccn1. The van der Waals surface area contributed by atoms with Crippen molar-refractivity contribution >= 4 is 11.5 Å². The number of piperidine rings is 1. The van der Waals surface area contributed by atoms with Crippen molar-refractivity contribution in [1.29, 1.82) is 0 Å². The van der Waals surface area contributed by atoms with Crippen LogP contribution in [0.25, 0.3) is 0 Å². The molecule has 1 aliphatic rings. The van der Waals surface area contributed by atoms with Crippen LogP contribution in [0.1, 0.15) is 26.2 Å². The highest BCUT2D eigenvalue weighted by Gasteiger charge is 2.28. The van der Waals surface area contributed by atoms with Crippen LogP contribution < -0.4 is 10.6 Å². The minimum atomic E-state index is -0.392. The van der Waals surface area contributed by atoms with Crippen molar-refractivity contribution in [2.45, 2.75) is 38.3 Å². The Labute approximate surface area is 106 Å². The van der Waals surface area contributed by atoms with Crippen LogP contribution in [-0.4, -0.2) is 28.5 Å². The molecular formula is C12H18N4O2. The molecule has 6 nitrogen and oxygen atoms in total. The molecule has 98 valence electrons. The molecule has 0 saturated carbocycles. The fourth-order valence-electron chi connectivity index (χ4n) is 2.59. The molecule has 1 saturated heterocycles. The maximum Gasteiger partial charge on any atom is 0.274 e. The van der Waals surface area contributed by atoms with Crippen molar-refractivity contribution in [3.8, 4) is 0 Å². The van der Waals surface area contributed by atoms with Gasteiger partial charge in [0.1, 0.15) is 5.82 Å².